The fraction of sp³-hybridized carbons (Fsp3) is 0.529. The van der Waals surface area contributed by atoms with Gasteiger partial charge in [-0.3, -0.25) is 9.59 Å². The van der Waals surface area contributed by atoms with Crippen molar-refractivity contribution in [3.05, 3.63) is 33.4 Å². The Morgan fingerprint density at radius 2 is 1.15 bits per heavy atom. The molecule has 1 aromatic rings. The summed E-state index contributed by atoms with van der Waals surface area (Å²) >= 11 is 0. The summed E-state index contributed by atoms with van der Waals surface area (Å²) in [6.45, 7) is 14.6. The quantitative estimate of drug-likeness (QED) is 0.623. The number of Topliss-reactive ketones (excluding diaryl/α,β-unsaturated/α-hetero) is 1. The fourth-order valence-corrected chi connectivity index (χ4v) is 2.55. The predicted molar refractivity (Wildman–Crippen MR) is 80.3 cm³/mol. The van der Waals surface area contributed by atoms with Gasteiger partial charge in [-0.15, -0.1) is 0 Å². The molecule has 0 aliphatic heterocycles. The Labute approximate surface area is 121 Å². The number of hydrogen-bond acceptors (Lipinski definition) is 3. The molecule has 0 atom stereocenters. The van der Waals surface area contributed by atoms with E-state index in [1.807, 2.05) is 27.7 Å². The molecule has 1 aromatic carbocycles. The summed E-state index contributed by atoms with van der Waals surface area (Å²) in [7, 11) is 0. The molecule has 0 saturated heterocycles. The van der Waals surface area contributed by atoms with Crippen LogP contribution in [0.3, 0.4) is 0 Å². The van der Waals surface area contributed by atoms with Crippen molar-refractivity contribution < 1.29 is 14.3 Å². The van der Waals surface area contributed by atoms with Crippen molar-refractivity contribution in [3.8, 4) is 0 Å². The van der Waals surface area contributed by atoms with Crippen LogP contribution in [0.5, 0.6) is 0 Å². The molecular formula is C17H24O3. The van der Waals surface area contributed by atoms with E-state index in [4.69, 9.17) is 4.74 Å². The third-order valence-electron chi connectivity index (χ3n) is 4.17. The first-order valence-corrected chi connectivity index (χ1v) is 6.82. The summed E-state index contributed by atoms with van der Waals surface area (Å²) in [6.07, 6.45) is 0. The van der Waals surface area contributed by atoms with E-state index in [-0.39, 0.29) is 5.78 Å². The zero-order valence-electron chi connectivity index (χ0n) is 13.7. The van der Waals surface area contributed by atoms with Gasteiger partial charge in [0.25, 0.3) is 0 Å². The second-order valence-corrected chi connectivity index (χ2v) is 5.93. The average Bonchev–Trinajstić information content (AvgIpc) is 2.32. The van der Waals surface area contributed by atoms with Crippen LogP contribution in [0.25, 0.3) is 0 Å². The van der Waals surface area contributed by atoms with E-state index in [2.05, 4.69) is 6.92 Å². The maximum atomic E-state index is 12.8. The lowest BCUT2D eigenvalue weighted by molar-refractivity contribution is -0.149. The van der Waals surface area contributed by atoms with Crippen LogP contribution in [-0.4, -0.2) is 17.4 Å². The number of carbonyl (C=O) groups excluding carboxylic acids is 2. The van der Waals surface area contributed by atoms with Gasteiger partial charge in [0, 0.05) is 12.5 Å². The van der Waals surface area contributed by atoms with Crippen molar-refractivity contribution in [1.82, 2.24) is 0 Å². The van der Waals surface area contributed by atoms with E-state index in [1.165, 1.54) is 12.5 Å². The zero-order chi connectivity index (χ0) is 15.8. The van der Waals surface area contributed by atoms with Gasteiger partial charge in [0.2, 0.25) is 5.78 Å². The maximum Gasteiger partial charge on any atom is 0.303 e. The topological polar surface area (TPSA) is 43.4 Å². The highest BCUT2D eigenvalue weighted by molar-refractivity contribution is 6.05. The Balaban J connectivity index is 3.48. The summed E-state index contributed by atoms with van der Waals surface area (Å²) in [6, 6.07) is 0. The van der Waals surface area contributed by atoms with Gasteiger partial charge in [-0.05, 0) is 76.3 Å². The van der Waals surface area contributed by atoms with Crippen LogP contribution in [-0.2, 0) is 9.53 Å². The highest BCUT2D eigenvalue weighted by Crippen LogP contribution is 2.29. The monoisotopic (exact) mass is 276 g/mol. The second-order valence-electron chi connectivity index (χ2n) is 5.93. The third-order valence-corrected chi connectivity index (χ3v) is 4.17. The Morgan fingerprint density at radius 3 is 1.50 bits per heavy atom. The first-order chi connectivity index (χ1) is 9.00. The highest BCUT2D eigenvalue weighted by Gasteiger charge is 2.34. The number of ketones is 1. The van der Waals surface area contributed by atoms with E-state index < -0.39 is 11.6 Å². The number of esters is 1. The van der Waals surface area contributed by atoms with Crippen molar-refractivity contribution in [2.24, 2.45) is 0 Å². The van der Waals surface area contributed by atoms with Gasteiger partial charge in [0.05, 0.1) is 0 Å². The molecule has 0 heterocycles. The number of hydrogen-bond donors (Lipinski definition) is 0. The minimum absolute atomic E-state index is 0.145. The van der Waals surface area contributed by atoms with Crippen LogP contribution in [0.1, 0.15) is 58.9 Å². The van der Waals surface area contributed by atoms with Crippen LogP contribution < -0.4 is 0 Å². The Bertz CT molecular complexity index is 551. The minimum Gasteiger partial charge on any atom is -0.451 e. The summed E-state index contributed by atoms with van der Waals surface area (Å²) < 4.78 is 5.19. The SMILES string of the molecule is CC(=O)OC(C)(C)C(=O)c1c(C)c(C)c(C)c(C)c1C. The molecule has 0 amide bonds. The van der Waals surface area contributed by atoms with Crippen LogP contribution in [0.4, 0.5) is 0 Å². The Kier molecular flexibility index (Phi) is 4.42. The van der Waals surface area contributed by atoms with Crippen molar-refractivity contribution in [2.45, 2.75) is 61.0 Å². The summed E-state index contributed by atoms with van der Waals surface area (Å²) in [5.74, 6) is -0.590. The molecule has 0 unspecified atom stereocenters. The first-order valence-electron chi connectivity index (χ1n) is 6.82. The second kappa shape index (κ2) is 5.39. The van der Waals surface area contributed by atoms with Crippen LogP contribution in [0.2, 0.25) is 0 Å². The zero-order valence-corrected chi connectivity index (χ0v) is 13.7. The minimum atomic E-state index is -1.14. The lowest BCUT2D eigenvalue weighted by Crippen LogP contribution is -2.37. The average molecular weight is 276 g/mol. The molecule has 0 saturated carbocycles. The van der Waals surface area contributed by atoms with Crippen molar-refractivity contribution in [2.75, 3.05) is 0 Å². The third kappa shape index (κ3) is 2.77. The van der Waals surface area contributed by atoms with Crippen LogP contribution in [0, 0.1) is 34.6 Å². The molecule has 110 valence electrons. The van der Waals surface area contributed by atoms with Gasteiger partial charge in [-0.1, -0.05) is 0 Å². The summed E-state index contributed by atoms with van der Waals surface area (Å²) in [5.41, 5.74) is 4.92. The molecular weight excluding hydrogens is 252 g/mol. The van der Waals surface area contributed by atoms with Gasteiger partial charge in [0.15, 0.2) is 5.60 Å². The van der Waals surface area contributed by atoms with Gasteiger partial charge < -0.3 is 4.74 Å². The van der Waals surface area contributed by atoms with Crippen molar-refractivity contribution >= 4 is 11.8 Å². The Hall–Kier alpha value is -1.64. The number of benzene rings is 1. The molecule has 0 fully saturated rings. The van der Waals surface area contributed by atoms with Gasteiger partial charge >= 0.3 is 5.97 Å². The normalized spacial score (nSPS) is 11.4. The van der Waals surface area contributed by atoms with Crippen molar-refractivity contribution in [1.29, 1.82) is 0 Å². The number of ether oxygens (including phenoxy) is 1. The van der Waals surface area contributed by atoms with Gasteiger partial charge in [-0.25, -0.2) is 0 Å². The van der Waals surface area contributed by atoms with E-state index in [1.54, 1.807) is 13.8 Å². The predicted octanol–water partition coefficient (Wildman–Crippen LogP) is 3.75. The number of rotatable bonds is 3. The lowest BCUT2D eigenvalue weighted by Gasteiger charge is -2.26. The molecule has 3 heteroatoms. The van der Waals surface area contributed by atoms with E-state index >= 15 is 0 Å². The van der Waals surface area contributed by atoms with E-state index in [0.29, 0.717) is 5.56 Å². The highest BCUT2D eigenvalue weighted by atomic mass is 16.6. The van der Waals surface area contributed by atoms with Crippen molar-refractivity contribution in [3.63, 3.8) is 0 Å². The smallest absolute Gasteiger partial charge is 0.303 e. The molecule has 1 rings (SSSR count). The van der Waals surface area contributed by atoms with Crippen LogP contribution in [0.15, 0.2) is 0 Å². The van der Waals surface area contributed by atoms with Crippen LogP contribution >= 0.6 is 0 Å². The number of carbonyl (C=O) groups is 2. The van der Waals surface area contributed by atoms with E-state index in [9.17, 15) is 9.59 Å². The van der Waals surface area contributed by atoms with Gasteiger partial charge in [0.1, 0.15) is 0 Å². The summed E-state index contributed by atoms with van der Waals surface area (Å²) in [4.78, 5) is 24.0. The molecule has 3 nitrogen and oxygen atoms in total. The first kappa shape index (κ1) is 16.4. The Morgan fingerprint density at radius 1 is 0.800 bits per heavy atom. The van der Waals surface area contributed by atoms with E-state index in [0.717, 1.165) is 22.3 Å². The molecule has 0 radical (unpaired) electrons. The molecule has 0 aromatic heterocycles. The summed E-state index contributed by atoms with van der Waals surface area (Å²) in [5, 5.41) is 0. The largest absolute Gasteiger partial charge is 0.451 e. The molecule has 0 aliphatic rings. The maximum absolute atomic E-state index is 12.8. The molecule has 0 spiro atoms. The lowest BCUT2D eigenvalue weighted by atomic mass is 9.84. The molecule has 20 heavy (non-hydrogen) atoms. The fourth-order valence-electron chi connectivity index (χ4n) is 2.55. The van der Waals surface area contributed by atoms with Gasteiger partial charge in [-0.2, -0.15) is 0 Å². The molecule has 0 aliphatic carbocycles. The molecule has 0 N–H and O–H groups in total. The standard InChI is InChI=1S/C17H24O3/c1-9-10(2)12(4)15(13(5)11(9)3)16(19)17(7,8)20-14(6)18/h1-8H3. The molecule has 0 bridgehead atoms.